The number of carbonyl (C=O) groups is 3. The van der Waals surface area contributed by atoms with Crippen molar-refractivity contribution in [3.05, 3.63) is 0 Å². The van der Waals surface area contributed by atoms with Crippen molar-refractivity contribution in [2.45, 2.75) is 37.6 Å². The van der Waals surface area contributed by atoms with Crippen molar-refractivity contribution in [2.75, 3.05) is 27.3 Å². The van der Waals surface area contributed by atoms with Crippen molar-refractivity contribution in [1.29, 1.82) is 0 Å². The second-order valence-electron chi connectivity index (χ2n) is 4.89. The molecule has 0 saturated carbocycles. The van der Waals surface area contributed by atoms with Crippen LogP contribution in [0.2, 0.25) is 0 Å². The molecule has 1 unspecified atom stereocenters. The molecule has 0 aromatic carbocycles. The van der Waals surface area contributed by atoms with Crippen LogP contribution in [-0.2, 0) is 23.9 Å². The highest BCUT2D eigenvalue weighted by Crippen LogP contribution is 2.28. The van der Waals surface area contributed by atoms with Crippen molar-refractivity contribution < 1.29 is 39.8 Å². The lowest BCUT2D eigenvalue weighted by Gasteiger charge is -2.27. The molecule has 0 aromatic rings. The van der Waals surface area contributed by atoms with E-state index < -0.39 is 49.8 Å². The van der Waals surface area contributed by atoms with E-state index in [1.54, 1.807) is 0 Å². The van der Waals surface area contributed by atoms with E-state index in [1.807, 2.05) is 0 Å². The molecule has 2 amide bonds. The first-order valence-electron chi connectivity index (χ1n) is 7.95. The molecule has 1 aliphatic heterocycles. The molecule has 1 heterocycles. The highest BCUT2D eigenvalue weighted by atomic mass is 19.4. The molecule has 0 aliphatic carbocycles. The average molecular weight is 343 g/mol. The van der Waals surface area contributed by atoms with E-state index in [1.165, 1.54) is 7.05 Å². The Labute approximate surface area is 133 Å². The number of hydrogen-bond donors (Lipinski definition) is 1. The Morgan fingerprint density at radius 3 is 2.70 bits per heavy atom. The number of esters is 1. The third-order valence-corrected chi connectivity index (χ3v) is 3.37. The SMILES string of the molecule is [2H]C([3H])OC[C@@H]1[C@H](OC(=O)CCC(=O)NC)CCN1C(=O)C(F)(F)F. The fourth-order valence-corrected chi connectivity index (χ4v) is 2.24. The summed E-state index contributed by atoms with van der Waals surface area (Å²) in [5.74, 6) is -3.30. The van der Waals surface area contributed by atoms with Crippen molar-refractivity contribution in [3.63, 3.8) is 0 Å². The summed E-state index contributed by atoms with van der Waals surface area (Å²) < 4.78 is 61.6. The van der Waals surface area contributed by atoms with Gasteiger partial charge in [-0.15, -0.1) is 0 Å². The summed E-state index contributed by atoms with van der Waals surface area (Å²) in [5, 5.41) is 2.31. The molecule has 10 heteroatoms. The normalized spacial score (nSPS) is 23.7. The Kier molecular flexibility index (Phi) is 5.67. The topological polar surface area (TPSA) is 84.9 Å². The average Bonchev–Trinajstić information content (AvgIpc) is 2.91. The van der Waals surface area contributed by atoms with E-state index >= 15 is 0 Å². The molecule has 3 atom stereocenters. The lowest BCUT2D eigenvalue weighted by atomic mass is 10.1. The fraction of sp³-hybridized carbons (Fsp3) is 0.769. The highest BCUT2D eigenvalue weighted by molar-refractivity contribution is 5.83. The number of hydrogen-bond acceptors (Lipinski definition) is 5. The number of likely N-dealkylation sites (tertiary alicyclic amines) is 1. The summed E-state index contributed by atoms with van der Waals surface area (Å²) in [6.45, 7) is -0.854. The summed E-state index contributed by atoms with van der Waals surface area (Å²) in [5.41, 5.74) is 0. The van der Waals surface area contributed by atoms with Gasteiger partial charge in [-0.05, 0) is 0 Å². The van der Waals surface area contributed by atoms with Crippen LogP contribution in [0.15, 0.2) is 0 Å². The molecule has 7 nitrogen and oxygen atoms in total. The van der Waals surface area contributed by atoms with Gasteiger partial charge in [-0.1, -0.05) is 0 Å². The van der Waals surface area contributed by atoms with Gasteiger partial charge in [-0.2, -0.15) is 13.2 Å². The highest BCUT2D eigenvalue weighted by Gasteiger charge is 2.49. The van der Waals surface area contributed by atoms with Gasteiger partial charge in [0.25, 0.3) is 0 Å². The van der Waals surface area contributed by atoms with Crippen LogP contribution in [0.25, 0.3) is 0 Å². The summed E-state index contributed by atoms with van der Waals surface area (Å²) in [6, 6.07) is -1.25. The Morgan fingerprint density at radius 1 is 1.43 bits per heavy atom. The lowest BCUT2D eigenvalue weighted by molar-refractivity contribution is -0.188. The van der Waals surface area contributed by atoms with Crippen molar-refractivity contribution >= 4 is 17.8 Å². The molecule has 0 aromatic heterocycles. The second kappa shape index (κ2) is 8.14. The van der Waals surface area contributed by atoms with Crippen LogP contribution in [0.5, 0.6) is 0 Å². The Hall–Kier alpha value is -1.84. The Bertz CT molecular complexity index is 505. The summed E-state index contributed by atoms with van der Waals surface area (Å²) in [7, 11) is -0.371. The Morgan fingerprint density at radius 2 is 2.13 bits per heavy atom. The van der Waals surface area contributed by atoms with Gasteiger partial charge < -0.3 is 19.7 Å². The maximum Gasteiger partial charge on any atom is 0.471 e. The number of amides is 2. The predicted molar refractivity (Wildman–Crippen MR) is 71.2 cm³/mol. The maximum atomic E-state index is 12.7. The van der Waals surface area contributed by atoms with E-state index in [-0.39, 0.29) is 25.8 Å². The van der Waals surface area contributed by atoms with Crippen LogP contribution in [0, 0.1) is 0 Å². The van der Waals surface area contributed by atoms with Crippen molar-refractivity contribution in [1.82, 2.24) is 10.2 Å². The predicted octanol–water partition coefficient (Wildman–Crippen LogP) is 0.234. The van der Waals surface area contributed by atoms with Crippen LogP contribution in [0.4, 0.5) is 13.2 Å². The van der Waals surface area contributed by atoms with Crippen LogP contribution in [0.3, 0.4) is 0 Å². The van der Waals surface area contributed by atoms with Gasteiger partial charge in [-0.25, -0.2) is 0 Å². The van der Waals surface area contributed by atoms with Crippen molar-refractivity contribution in [3.8, 4) is 0 Å². The zero-order chi connectivity index (χ0) is 19.2. The number of halogens is 3. The van der Waals surface area contributed by atoms with Crippen LogP contribution >= 0.6 is 0 Å². The zero-order valence-electron chi connectivity index (χ0n) is 14.4. The number of nitrogens with zero attached hydrogens (tertiary/aromatic N) is 1. The van der Waals surface area contributed by atoms with E-state index in [0.717, 1.165) is 0 Å². The summed E-state index contributed by atoms with van der Waals surface area (Å²) in [6.07, 6.45) is -6.62. The number of carbonyl (C=O) groups excluding carboxylic acids is 3. The first-order chi connectivity index (χ1) is 11.6. The third-order valence-electron chi connectivity index (χ3n) is 3.37. The lowest BCUT2D eigenvalue weighted by Crippen LogP contribution is -2.48. The van der Waals surface area contributed by atoms with Gasteiger partial charge >= 0.3 is 18.1 Å². The Balaban J connectivity index is 2.74. The largest absolute Gasteiger partial charge is 0.471 e. The first-order valence-corrected chi connectivity index (χ1v) is 6.80. The zero-order valence-corrected chi connectivity index (χ0v) is 12.4. The van der Waals surface area contributed by atoms with E-state index in [4.69, 9.17) is 7.48 Å². The first kappa shape index (κ1) is 16.0. The van der Waals surface area contributed by atoms with Gasteiger partial charge in [0.05, 0.1) is 21.8 Å². The molecule has 1 rings (SSSR count). The minimum Gasteiger partial charge on any atom is -0.460 e. The maximum absolute atomic E-state index is 12.7. The summed E-state index contributed by atoms with van der Waals surface area (Å²) in [4.78, 5) is 34.8. The van der Waals surface area contributed by atoms with Gasteiger partial charge in [0.2, 0.25) is 5.91 Å². The number of alkyl halides is 3. The minimum atomic E-state index is -5.10. The second-order valence-corrected chi connectivity index (χ2v) is 4.89. The number of rotatable bonds is 6. The molecular formula is C13H19F3N2O5. The molecule has 1 fully saturated rings. The fourth-order valence-electron chi connectivity index (χ4n) is 2.24. The summed E-state index contributed by atoms with van der Waals surface area (Å²) >= 11 is 0. The standard InChI is InChI=1S/C13H19F3N2O5/c1-17-10(19)3-4-11(20)23-9-5-6-18(8(9)7-22-2)12(21)13(14,15)16/h8-9H,3-7H2,1-2H3,(H,17,19)/t8-,9-/m1/s1/i2TD/t2?,8-,9-. The van der Waals surface area contributed by atoms with Crippen LogP contribution in [0.1, 0.15) is 22.0 Å². The van der Waals surface area contributed by atoms with Crippen molar-refractivity contribution in [2.24, 2.45) is 0 Å². The van der Waals surface area contributed by atoms with Gasteiger partial charge in [0, 0.05) is 33.5 Å². The molecule has 132 valence electrons. The molecular weight excluding hydrogens is 321 g/mol. The molecule has 23 heavy (non-hydrogen) atoms. The quantitative estimate of drug-likeness (QED) is 0.698. The van der Waals surface area contributed by atoms with E-state index in [2.05, 4.69) is 10.1 Å². The van der Waals surface area contributed by atoms with Gasteiger partial charge in [0.1, 0.15) is 6.10 Å². The van der Waals surface area contributed by atoms with Gasteiger partial charge in [-0.3, -0.25) is 14.4 Å². The number of nitrogens with one attached hydrogen (secondary N) is 1. The van der Waals surface area contributed by atoms with Gasteiger partial charge in [0.15, 0.2) is 0 Å². The minimum absolute atomic E-state index is 0.0395. The molecule has 1 saturated heterocycles. The van der Waals surface area contributed by atoms with Crippen LogP contribution < -0.4 is 5.32 Å². The number of methoxy groups -OCH3 is 1. The molecule has 1 N–H and O–H groups in total. The third kappa shape index (κ3) is 5.38. The molecule has 0 radical (unpaired) electrons. The van der Waals surface area contributed by atoms with E-state index in [0.29, 0.717) is 4.90 Å². The van der Waals surface area contributed by atoms with Crippen LogP contribution in [-0.4, -0.2) is 68.3 Å². The molecule has 0 spiro atoms. The molecule has 1 aliphatic rings. The number of ether oxygens (including phenoxy) is 2. The van der Waals surface area contributed by atoms with E-state index in [9.17, 15) is 27.6 Å². The monoisotopic (exact) mass is 343 g/mol. The smallest absolute Gasteiger partial charge is 0.460 e. The molecule has 0 bridgehead atoms.